The molecule has 7 nitrogen and oxygen atoms in total. The second-order valence-electron chi connectivity index (χ2n) is 10.4. The Hall–Kier alpha value is -3.74. The van der Waals surface area contributed by atoms with Crippen molar-refractivity contribution in [3.63, 3.8) is 0 Å². The Labute approximate surface area is 243 Å². The molecule has 0 amide bonds. The van der Waals surface area contributed by atoms with Gasteiger partial charge in [-0.05, 0) is 56.5 Å². The predicted octanol–water partition coefficient (Wildman–Crippen LogP) is 6.90. The van der Waals surface area contributed by atoms with E-state index in [9.17, 15) is 19.2 Å². The summed E-state index contributed by atoms with van der Waals surface area (Å²) in [5, 5.41) is 0. The molecule has 1 saturated carbocycles. The lowest BCUT2D eigenvalue weighted by Crippen LogP contribution is -2.25. The average Bonchev–Trinajstić information content (AvgIpc) is 3.31. The smallest absolute Gasteiger partial charge is 0.338 e. The maximum atomic E-state index is 12.9. The number of carbonyl (C=O) groups excluding carboxylic acids is 4. The number of benzene rings is 2. The Morgan fingerprint density at radius 2 is 1.27 bits per heavy atom. The normalized spacial score (nSPS) is 20.0. The Morgan fingerprint density at radius 3 is 1.83 bits per heavy atom. The number of ketones is 1. The molecule has 0 radical (unpaired) electrons. The molecule has 0 aromatic heterocycles. The van der Waals surface area contributed by atoms with E-state index in [4.69, 9.17) is 14.2 Å². The van der Waals surface area contributed by atoms with Crippen LogP contribution in [0.2, 0.25) is 0 Å². The van der Waals surface area contributed by atoms with Crippen molar-refractivity contribution in [1.82, 2.24) is 0 Å². The van der Waals surface area contributed by atoms with Crippen molar-refractivity contribution < 1.29 is 33.4 Å². The van der Waals surface area contributed by atoms with Crippen molar-refractivity contribution in [2.24, 2.45) is 11.8 Å². The van der Waals surface area contributed by atoms with Gasteiger partial charge in [0.15, 0.2) is 5.78 Å². The third-order valence-electron chi connectivity index (χ3n) is 7.49. The average molecular weight is 563 g/mol. The molecule has 1 aliphatic rings. The maximum Gasteiger partial charge on any atom is 0.338 e. The zero-order valence-corrected chi connectivity index (χ0v) is 24.2. The van der Waals surface area contributed by atoms with Crippen LogP contribution in [0.5, 0.6) is 0 Å². The topological polar surface area (TPSA) is 96.0 Å². The molecule has 41 heavy (non-hydrogen) atoms. The van der Waals surface area contributed by atoms with Crippen LogP contribution < -0.4 is 0 Å². The highest BCUT2D eigenvalue weighted by Gasteiger charge is 2.45. The predicted molar refractivity (Wildman–Crippen MR) is 156 cm³/mol. The lowest BCUT2D eigenvalue weighted by molar-refractivity contribution is -0.143. The van der Waals surface area contributed by atoms with Gasteiger partial charge < -0.3 is 14.2 Å². The van der Waals surface area contributed by atoms with Gasteiger partial charge in [0, 0.05) is 31.1 Å². The van der Waals surface area contributed by atoms with Gasteiger partial charge in [-0.3, -0.25) is 9.59 Å². The molecular weight excluding hydrogens is 520 g/mol. The lowest BCUT2D eigenvalue weighted by Gasteiger charge is -2.23. The Balaban J connectivity index is 1.59. The van der Waals surface area contributed by atoms with Crippen molar-refractivity contribution in [3.05, 3.63) is 83.9 Å². The Morgan fingerprint density at radius 1 is 0.732 bits per heavy atom. The first-order valence-corrected chi connectivity index (χ1v) is 14.8. The van der Waals surface area contributed by atoms with Crippen molar-refractivity contribution in [3.8, 4) is 0 Å². The third kappa shape index (κ3) is 10.3. The minimum atomic E-state index is -0.523. The van der Waals surface area contributed by atoms with E-state index < -0.39 is 24.1 Å². The summed E-state index contributed by atoms with van der Waals surface area (Å²) < 4.78 is 16.8. The van der Waals surface area contributed by atoms with E-state index in [2.05, 4.69) is 0 Å². The number of carbonyl (C=O) groups is 4. The minimum Gasteiger partial charge on any atom is -0.466 e. The number of hydrogen-bond acceptors (Lipinski definition) is 7. The van der Waals surface area contributed by atoms with E-state index in [1.807, 2.05) is 25.1 Å². The van der Waals surface area contributed by atoms with Crippen molar-refractivity contribution in [2.45, 2.75) is 83.8 Å². The second kappa shape index (κ2) is 17.2. The van der Waals surface area contributed by atoms with Crippen LogP contribution in [0.25, 0.3) is 0 Å². The summed E-state index contributed by atoms with van der Waals surface area (Å²) in [7, 11) is 0. The maximum absolute atomic E-state index is 12.9. The summed E-state index contributed by atoms with van der Waals surface area (Å²) >= 11 is 0. The van der Waals surface area contributed by atoms with Gasteiger partial charge in [0.1, 0.15) is 12.2 Å². The van der Waals surface area contributed by atoms with E-state index in [1.165, 1.54) is 0 Å². The molecular formula is C34H42O7. The molecule has 0 saturated heterocycles. The molecule has 0 bridgehead atoms. The van der Waals surface area contributed by atoms with Gasteiger partial charge in [-0.1, -0.05) is 68.7 Å². The molecule has 4 atom stereocenters. The SMILES string of the molecule is CCOC(=O)CCCCCCCC(=O)/C=C/[C@H]1[C@@H](CC)[C@H](OC(=O)c2ccccc2)C[C@@H]1OC(=O)c1ccccc1. The zero-order valence-electron chi connectivity index (χ0n) is 24.2. The standard InChI is InChI=1S/C34H42O7/c1-3-28-29(23-22-27(35)20-14-6-5-7-15-21-32(36)39-4-2)31(41-34(38)26-18-12-9-13-19-26)24-30(28)40-33(37)25-16-10-8-11-17-25/h8-13,16-19,22-23,28-31H,3-7,14-15,20-21,24H2,1-2H3/b23-22+/t28-,29+,30-,31+/m1/s1. The van der Waals surface area contributed by atoms with Gasteiger partial charge in [-0.15, -0.1) is 0 Å². The van der Waals surface area contributed by atoms with Gasteiger partial charge in [0.2, 0.25) is 0 Å². The highest BCUT2D eigenvalue weighted by molar-refractivity contribution is 5.90. The molecule has 1 fully saturated rings. The van der Waals surface area contributed by atoms with Crippen molar-refractivity contribution in [2.75, 3.05) is 6.61 Å². The van der Waals surface area contributed by atoms with Gasteiger partial charge in [0.25, 0.3) is 0 Å². The molecule has 7 heteroatoms. The molecule has 0 spiro atoms. The summed E-state index contributed by atoms with van der Waals surface area (Å²) in [5.74, 6) is -1.34. The van der Waals surface area contributed by atoms with E-state index in [0.29, 0.717) is 43.4 Å². The third-order valence-corrected chi connectivity index (χ3v) is 7.49. The fraction of sp³-hybridized carbons (Fsp3) is 0.471. The van der Waals surface area contributed by atoms with E-state index in [0.717, 1.165) is 32.1 Å². The number of rotatable bonds is 16. The molecule has 2 aromatic rings. The summed E-state index contributed by atoms with van der Waals surface area (Å²) in [6.07, 6.45) is 8.78. The molecule has 3 rings (SSSR count). The first kappa shape index (κ1) is 31.8. The van der Waals surface area contributed by atoms with E-state index >= 15 is 0 Å². The van der Waals surface area contributed by atoms with E-state index in [-0.39, 0.29) is 23.6 Å². The number of unbranched alkanes of at least 4 members (excludes halogenated alkanes) is 4. The number of hydrogen-bond donors (Lipinski definition) is 0. The van der Waals surface area contributed by atoms with Crippen LogP contribution in [0.1, 0.15) is 92.4 Å². The van der Waals surface area contributed by atoms with Crippen LogP contribution in [-0.2, 0) is 23.8 Å². The molecule has 0 unspecified atom stereocenters. The van der Waals surface area contributed by atoms with Crippen LogP contribution in [0, 0.1) is 11.8 Å². The van der Waals surface area contributed by atoms with Crippen LogP contribution in [-0.4, -0.2) is 42.5 Å². The summed E-state index contributed by atoms with van der Waals surface area (Å²) in [6, 6.07) is 17.6. The molecule has 0 heterocycles. The van der Waals surface area contributed by atoms with Gasteiger partial charge in [-0.25, -0.2) is 9.59 Å². The molecule has 0 N–H and O–H groups in total. The highest BCUT2D eigenvalue weighted by atomic mass is 16.6. The largest absolute Gasteiger partial charge is 0.466 e. The number of allylic oxidation sites excluding steroid dienone is 1. The molecule has 1 aliphatic carbocycles. The fourth-order valence-corrected chi connectivity index (χ4v) is 5.34. The Bertz CT molecular complexity index is 1140. The Kier molecular flexibility index (Phi) is 13.3. The second-order valence-corrected chi connectivity index (χ2v) is 10.4. The van der Waals surface area contributed by atoms with Crippen LogP contribution in [0.4, 0.5) is 0 Å². The zero-order chi connectivity index (χ0) is 29.5. The minimum absolute atomic E-state index is 0.0178. The van der Waals surface area contributed by atoms with Crippen LogP contribution >= 0.6 is 0 Å². The first-order chi connectivity index (χ1) is 19.9. The number of esters is 3. The quantitative estimate of drug-likeness (QED) is 0.0950. The first-order valence-electron chi connectivity index (χ1n) is 14.8. The fourth-order valence-electron chi connectivity index (χ4n) is 5.34. The van der Waals surface area contributed by atoms with E-state index in [1.54, 1.807) is 61.5 Å². The molecule has 220 valence electrons. The van der Waals surface area contributed by atoms with Gasteiger partial charge >= 0.3 is 17.9 Å². The van der Waals surface area contributed by atoms with Crippen molar-refractivity contribution >= 4 is 23.7 Å². The lowest BCUT2D eigenvalue weighted by atomic mass is 9.90. The molecule has 2 aromatic carbocycles. The monoisotopic (exact) mass is 562 g/mol. The summed E-state index contributed by atoms with van der Waals surface area (Å²) in [4.78, 5) is 49.8. The van der Waals surface area contributed by atoms with Gasteiger partial charge in [-0.2, -0.15) is 0 Å². The molecule has 0 aliphatic heterocycles. The van der Waals surface area contributed by atoms with Gasteiger partial charge in [0.05, 0.1) is 17.7 Å². The van der Waals surface area contributed by atoms with Crippen LogP contribution in [0.3, 0.4) is 0 Å². The van der Waals surface area contributed by atoms with Crippen molar-refractivity contribution in [1.29, 1.82) is 0 Å². The highest BCUT2D eigenvalue weighted by Crippen LogP contribution is 2.40. The van der Waals surface area contributed by atoms with Crippen LogP contribution in [0.15, 0.2) is 72.8 Å². The summed E-state index contributed by atoms with van der Waals surface area (Å²) in [6.45, 7) is 4.22. The summed E-state index contributed by atoms with van der Waals surface area (Å²) in [5.41, 5.74) is 0.918. The number of ether oxygens (including phenoxy) is 3.